The van der Waals surface area contributed by atoms with Crippen LogP contribution in [0.3, 0.4) is 0 Å². The zero-order chi connectivity index (χ0) is 36.2. The predicted octanol–water partition coefficient (Wildman–Crippen LogP) is 7.32. The first kappa shape index (κ1) is 36.0. The van der Waals surface area contributed by atoms with Crippen molar-refractivity contribution in [1.82, 2.24) is 9.80 Å². The van der Waals surface area contributed by atoms with E-state index < -0.39 is 30.0 Å². The first-order valence-corrected chi connectivity index (χ1v) is 17.8. The molecule has 2 amide bonds. The monoisotopic (exact) mass is 681 g/mol. The lowest BCUT2D eigenvalue weighted by Gasteiger charge is -2.36. The molecule has 0 bridgehead atoms. The van der Waals surface area contributed by atoms with E-state index >= 15 is 0 Å². The fourth-order valence-electron chi connectivity index (χ4n) is 7.41. The average molecular weight is 682 g/mol. The second-order valence-corrected chi connectivity index (χ2v) is 15.9. The Hall–Kier alpha value is -3.86. The van der Waals surface area contributed by atoms with E-state index in [1.54, 1.807) is 4.90 Å². The van der Waals surface area contributed by atoms with Gasteiger partial charge in [0.25, 0.3) is 0 Å². The first-order valence-electron chi connectivity index (χ1n) is 17.8. The van der Waals surface area contributed by atoms with Crippen molar-refractivity contribution >= 4 is 30.5 Å². The molecule has 3 aliphatic rings. The van der Waals surface area contributed by atoms with Gasteiger partial charge in [-0.1, -0.05) is 48.5 Å². The number of nitrogens with one attached hydrogen (secondary N) is 1. The van der Waals surface area contributed by atoms with Gasteiger partial charge >= 0.3 is 19.3 Å². The summed E-state index contributed by atoms with van der Waals surface area (Å²) in [7, 11) is -0.605. The van der Waals surface area contributed by atoms with Crippen LogP contribution >= 0.6 is 0 Å². The van der Waals surface area contributed by atoms with Crippen LogP contribution in [0.4, 0.5) is 15.3 Å². The van der Waals surface area contributed by atoms with Crippen LogP contribution < -0.4 is 10.8 Å². The highest BCUT2D eigenvalue weighted by molar-refractivity contribution is 6.63. The van der Waals surface area contributed by atoms with Gasteiger partial charge in [-0.3, -0.25) is 10.2 Å². The molecule has 10 heteroatoms. The van der Waals surface area contributed by atoms with E-state index in [0.29, 0.717) is 38.4 Å². The van der Waals surface area contributed by atoms with Crippen LogP contribution in [0.15, 0.2) is 48.5 Å². The van der Waals surface area contributed by atoms with Crippen molar-refractivity contribution in [3.05, 3.63) is 81.9 Å². The van der Waals surface area contributed by atoms with Gasteiger partial charge in [0.05, 0.1) is 11.2 Å². The first-order chi connectivity index (χ1) is 23.5. The summed E-state index contributed by atoms with van der Waals surface area (Å²) in [5.74, 6) is -0.0383. The van der Waals surface area contributed by atoms with Crippen molar-refractivity contribution in [3.8, 4) is 11.1 Å². The van der Waals surface area contributed by atoms with Crippen LogP contribution in [0.5, 0.6) is 0 Å². The molecule has 3 aromatic carbocycles. The fourth-order valence-corrected chi connectivity index (χ4v) is 7.41. The second kappa shape index (κ2) is 13.4. The van der Waals surface area contributed by atoms with Gasteiger partial charge in [-0.2, -0.15) is 0 Å². The molecule has 266 valence electrons. The summed E-state index contributed by atoms with van der Waals surface area (Å²) in [5, 5.41) is 3.14. The Morgan fingerprint density at radius 2 is 1.38 bits per heavy atom. The zero-order valence-corrected chi connectivity index (χ0v) is 31.4. The number of amides is 2. The van der Waals surface area contributed by atoms with Crippen LogP contribution in [-0.4, -0.2) is 78.7 Å². The van der Waals surface area contributed by atoms with Crippen LogP contribution in [0.25, 0.3) is 11.1 Å². The molecule has 2 aliphatic heterocycles. The maximum absolute atomic E-state index is 13.7. The lowest BCUT2D eigenvalue weighted by atomic mass is 9.70. The van der Waals surface area contributed by atoms with E-state index in [2.05, 4.69) is 48.3 Å². The molecule has 0 atom stereocenters. The van der Waals surface area contributed by atoms with E-state index in [4.69, 9.17) is 18.8 Å². The average Bonchev–Trinajstić information content (AvgIpc) is 3.48. The van der Waals surface area contributed by atoms with Crippen molar-refractivity contribution in [2.24, 2.45) is 0 Å². The van der Waals surface area contributed by atoms with E-state index in [-0.39, 0.29) is 18.6 Å². The van der Waals surface area contributed by atoms with Gasteiger partial charge < -0.3 is 23.7 Å². The minimum atomic E-state index is -0.605. The lowest BCUT2D eigenvalue weighted by Crippen LogP contribution is -2.50. The van der Waals surface area contributed by atoms with Gasteiger partial charge in [0, 0.05) is 44.3 Å². The van der Waals surface area contributed by atoms with Gasteiger partial charge in [-0.15, -0.1) is 0 Å². The summed E-state index contributed by atoms with van der Waals surface area (Å²) in [6.07, 6.45) is -0.781. The molecule has 0 radical (unpaired) electrons. The molecule has 6 rings (SSSR count). The molecule has 9 nitrogen and oxygen atoms in total. The third kappa shape index (κ3) is 6.90. The summed E-state index contributed by atoms with van der Waals surface area (Å²) in [4.78, 5) is 30.5. The van der Waals surface area contributed by atoms with Crippen LogP contribution in [0.2, 0.25) is 0 Å². The highest BCUT2D eigenvalue weighted by atomic mass is 16.7. The van der Waals surface area contributed by atoms with Crippen molar-refractivity contribution in [1.29, 1.82) is 0 Å². The Morgan fingerprint density at radius 1 is 0.840 bits per heavy atom. The van der Waals surface area contributed by atoms with E-state index in [0.717, 1.165) is 27.7 Å². The summed E-state index contributed by atoms with van der Waals surface area (Å²) in [6.45, 7) is 23.5. The van der Waals surface area contributed by atoms with E-state index in [1.807, 2.05) is 79.7 Å². The second-order valence-electron chi connectivity index (χ2n) is 15.9. The molecule has 2 saturated heterocycles. The number of carbonyl (C=O) groups is 2. The summed E-state index contributed by atoms with van der Waals surface area (Å²) in [5.41, 5.74) is 8.79. The summed E-state index contributed by atoms with van der Waals surface area (Å²) >= 11 is 0. The number of anilines is 1. The van der Waals surface area contributed by atoms with Crippen LogP contribution in [0, 0.1) is 20.8 Å². The summed E-state index contributed by atoms with van der Waals surface area (Å²) < 4.78 is 24.8. The number of hydrogen-bond acceptors (Lipinski definition) is 7. The number of ether oxygens (including phenoxy) is 2. The Labute approximate surface area is 297 Å². The quantitative estimate of drug-likeness (QED) is 0.273. The molecular weight excluding hydrogens is 629 g/mol. The van der Waals surface area contributed by atoms with Crippen molar-refractivity contribution < 1.29 is 28.4 Å². The Balaban J connectivity index is 1.25. The molecule has 2 heterocycles. The van der Waals surface area contributed by atoms with Gasteiger partial charge in [-0.05, 0) is 119 Å². The number of piperazine rings is 1. The van der Waals surface area contributed by atoms with Crippen LogP contribution in [0.1, 0.15) is 87.8 Å². The molecule has 0 unspecified atom stereocenters. The number of nitrogens with zero attached hydrogens (tertiary/aromatic N) is 2. The Bertz CT molecular complexity index is 1730. The molecule has 2 fully saturated rings. The molecule has 3 aromatic rings. The van der Waals surface area contributed by atoms with Crippen molar-refractivity contribution in [2.75, 3.05) is 38.1 Å². The number of hydrogen-bond donors (Lipinski definition) is 1. The topological polar surface area (TPSA) is 89.6 Å². The third-order valence-corrected chi connectivity index (χ3v) is 10.9. The SMILES string of the molecule is Cc1c(CN2CCN(C(=O)OC(C)(C)C)CC2)c(C)c(B2OC(C)(C)C(C)(C)O2)c(C)c1NC(=O)OCC1c2ccccc2-c2ccccc21. The molecule has 0 spiro atoms. The highest BCUT2D eigenvalue weighted by Crippen LogP contribution is 2.45. The number of fused-ring (bicyclic) bond motifs is 3. The van der Waals surface area contributed by atoms with Gasteiger partial charge in [0.2, 0.25) is 0 Å². The predicted molar refractivity (Wildman–Crippen MR) is 198 cm³/mol. The smallest absolute Gasteiger partial charge is 0.448 e. The van der Waals surface area contributed by atoms with Crippen molar-refractivity contribution in [2.45, 2.75) is 98.5 Å². The third-order valence-electron chi connectivity index (χ3n) is 10.9. The standard InChI is InChI=1S/C40H52BN3O6/c1-25-32(23-43-19-21-44(22-20-43)37(46)48-38(4,5)6)26(2)35(27(3)34(25)41-49-39(7,8)40(9,10)50-41)42-36(45)47-24-33-30-17-13-11-15-28(30)29-16-12-14-18-31(29)33/h11-18,33H,19-24H2,1-10H3,(H,42,45). The van der Waals surface area contributed by atoms with Gasteiger partial charge in [0.15, 0.2) is 0 Å². The Kier molecular flexibility index (Phi) is 9.61. The zero-order valence-electron chi connectivity index (χ0n) is 31.4. The van der Waals surface area contributed by atoms with Gasteiger partial charge in [-0.25, -0.2) is 9.59 Å². The highest BCUT2D eigenvalue weighted by Gasteiger charge is 2.53. The fraction of sp³-hybridized carbons (Fsp3) is 0.500. The van der Waals surface area contributed by atoms with E-state index in [9.17, 15) is 9.59 Å². The van der Waals surface area contributed by atoms with Crippen molar-refractivity contribution in [3.63, 3.8) is 0 Å². The van der Waals surface area contributed by atoms with E-state index in [1.165, 1.54) is 22.3 Å². The molecular formula is C40H52BN3O6. The summed E-state index contributed by atoms with van der Waals surface area (Å²) in [6, 6.07) is 16.7. The van der Waals surface area contributed by atoms with Gasteiger partial charge in [0.1, 0.15) is 12.2 Å². The molecule has 50 heavy (non-hydrogen) atoms. The number of benzene rings is 3. The minimum Gasteiger partial charge on any atom is -0.448 e. The lowest BCUT2D eigenvalue weighted by molar-refractivity contribution is 0.00578. The minimum absolute atomic E-state index is 0.0383. The Morgan fingerprint density at radius 3 is 1.92 bits per heavy atom. The molecule has 0 aromatic heterocycles. The molecule has 0 saturated carbocycles. The maximum Gasteiger partial charge on any atom is 0.495 e. The number of carbonyl (C=O) groups excluding carboxylic acids is 2. The molecule has 1 aliphatic carbocycles. The normalized spacial score (nSPS) is 18.5. The van der Waals surface area contributed by atoms with Crippen LogP contribution in [-0.2, 0) is 25.3 Å². The maximum atomic E-state index is 13.7. The number of rotatable bonds is 6. The largest absolute Gasteiger partial charge is 0.495 e. The molecule has 1 N–H and O–H groups in total.